The van der Waals surface area contributed by atoms with Crippen LogP contribution in [0.5, 0.6) is 0 Å². The lowest BCUT2D eigenvalue weighted by Crippen LogP contribution is -2.33. The first-order chi connectivity index (χ1) is 12.8. The predicted octanol–water partition coefficient (Wildman–Crippen LogP) is 3.70. The highest BCUT2D eigenvalue weighted by molar-refractivity contribution is 7.99. The van der Waals surface area contributed by atoms with Crippen molar-refractivity contribution >= 4 is 23.5 Å². The highest BCUT2D eigenvalue weighted by Crippen LogP contribution is 2.31. The van der Waals surface area contributed by atoms with E-state index in [1.807, 2.05) is 33.1 Å². The Bertz CT molecular complexity index is 975. The van der Waals surface area contributed by atoms with Crippen molar-refractivity contribution in [3.63, 3.8) is 0 Å². The maximum atomic E-state index is 14.6. The molecule has 0 saturated heterocycles. The van der Waals surface area contributed by atoms with Gasteiger partial charge in [-0.2, -0.15) is 17.0 Å². The van der Waals surface area contributed by atoms with Gasteiger partial charge in [0, 0.05) is 29.5 Å². The molecule has 0 fully saturated rings. The zero-order chi connectivity index (χ0) is 19.8. The normalized spacial score (nSPS) is 16.7. The van der Waals surface area contributed by atoms with Crippen LogP contribution in [0.25, 0.3) is 11.3 Å². The molecule has 1 aliphatic rings. The molecule has 0 bridgehead atoms. The Morgan fingerprint density at radius 1 is 1.48 bits per heavy atom. The first kappa shape index (κ1) is 19.9. The molecule has 3 rings (SSSR count). The Hall–Kier alpha value is -1.85. The van der Waals surface area contributed by atoms with Gasteiger partial charge in [-0.1, -0.05) is 32.5 Å². The molecule has 1 atom stereocenters. The summed E-state index contributed by atoms with van der Waals surface area (Å²) in [7, 11) is 0. The molecule has 0 spiro atoms. The Kier molecular flexibility index (Phi) is 5.63. The SMILES string of the molecule is CSCC1CSc2nc(-c3cnc(C(C)(C)C)c(F)c3)c(C#N)c(=O)n2C1. The van der Waals surface area contributed by atoms with E-state index in [2.05, 4.69) is 9.97 Å². The predicted molar refractivity (Wildman–Crippen MR) is 108 cm³/mol. The summed E-state index contributed by atoms with van der Waals surface area (Å²) >= 11 is 3.24. The van der Waals surface area contributed by atoms with Crippen LogP contribution >= 0.6 is 23.5 Å². The highest BCUT2D eigenvalue weighted by atomic mass is 32.2. The average molecular weight is 405 g/mol. The molecule has 1 unspecified atom stereocenters. The van der Waals surface area contributed by atoms with Crippen molar-refractivity contribution in [1.82, 2.24) is 14.5 Å². The largest absolute Gasteiger partial charge is 0.286 e. The minimum atomic E-state index is -0.462. The van der Waals surface area contributed by atoms with E-state index in [0.29, 0.717) is 28.9 Å². The fourth-order valence-corrected chi connectivity index (χ4v) is 5.00. The minimum Gasteiger partial charge on any atom is -0.286 e. The lowest BCUT2D eigenvalue weighted by molar-refractivity contribution is 0.465. The third-order valence-corrected chi connectivity index (χ3v) is 6.37. The number of halogens is 1. The van der Waals surface area contributed by atoms with Crippen molar-refractivity contribution in [2.24, 2.45) is 5.92 Å². The van der Waals surface area contributed by atoms with Crippen molar-refractivity contribution < 1.29 is 4.39 Å². The number of pyridine rings is 1. The van der Waals surface area contributed by atoms with Gasteiger partial charge in [-0.3, -0.25) is 14.3 Å². The lowest BCUT2D eigenvalue weighted by atomic mass is 9.90. The Morgan fingerprint density at radius 2 is 2.22 bits per heavy atom. The van der Waals surface area contributed by atoms with Gasteiger partial charge in [-0.15, -0.1) is 0 Å². The molecule has 0 N–H and O–H groups in total. The number of hydrogen-bond acceptors (Lipinski definition) is 6. The minimum absolute atomic E-state index is 0.0612. The summed E-state index contributed by atoms with van der Waals surface area (Å²) in [6.07, 6.45) is 3.53. The van der Waals surface area contributed by atoms with Crippen LogP contribution in [0.1, 0.15) is 32.0 Å². The lowest BCUT2D eigenvalue weighted by Gasteiger charge is -2.25. The molecule has 8 heteroatoms. The number of thioether (sulfide) groups is 2. The van der Waals surface area contributed by atoms with E-state index < -0.39 is 11.2 Å². The van der Waals surface area contributed by atoms with Gasteiger partial charge in [0.15, 0.2) is 5.16 Å². The first-order valence-electron chi connectivity index (χ1n) is 8.59. The maximum Gasteiger partial charge on any atom is 0.272 e. The summed E-state index contributed by atoms with van der Waals surface area (Å²) < 4.78 is 16.2. The molecule has 0 aliphatic carbocycles. The molecule has 2 aromatic heterocycles. The molecule has 27 heavy (non-hydrogen) atoms. The third-order valence-electron chi connectivity index (χ3n) is 4.36. The molecule has 0 aromatic carbocycles. The number of fused-ring (bicyclic) bond motifs is 1. The van der Waals surface area contributed by atoms with Gasteiger partial charge in [0.2, 0.25) is 0 Å². The van der Waals surface area contributed by atoms with E-state index in [1.54, 1.807) is 16.3 Å². The van der Waals surface area contributed by atoms with Crippen molar-refractivity contribution in [3.05, 3.63) is 39.7 Å². The number of hydrogen-bond donors (Lipinski definition) is 0. The molecule has 0 saturated carbocycles. The van der Waals surface area contributed by atoms with Crippen molar-refractivity contribution in [3.8, 4) is 17.3 Å². The van der Waals surface area contributed by atoms with Gasteiger partial charge in [-0.25, -0.2) is 9.37 Å². The number of aromatic nitrogens is 3. The van der Waals surface area contributed by atoms with Crippen LogP contribution in [0.2, 0.25) is 0 Å². The topological polar surface area (TPSA) is 71.6 Å². The molecule has 3 heterocycles. The van der Waals surface area contributed by atoms with E-state index >= 15 is 0 Å². The van der Waals surface area contributed by atoms with Gasteiger partial charge >= 0.3 is 0 Å². The Balaban J connectivity index is 2.11. The quantitative estimate of drug-likeness (QED) is 0.727. The van der Waals surface area contributed by atoms with Crippen LogP contribution in [-0.2, 0) is 12.0 Å². The summed E-state index contributed by atoms with van der Waals surface area (Å²) in [6.45, 7) is 6.19. The van der Waals surface area contributed by atoms with Crippen LogP contribution in [0.15, 0.2) is 22.2 Å². The van der Waals surface area contributed by atoms with Gasteiger partial charge < -0.3 is 0 Å². The third kappa shape index (κ3) is 3.90. The molecule has 0 radical (unpaired) electrons. The second-order valence-corrected chi connectivity index (χ2v) is 9.48. The van der Waals surface area contributed by atoms with Crippen LogP contribution in [0.4, 0.5) is 4.39 Å². The summed E-state index contributed by atoms with van der Waals surface area (Å²) in [4.78, 5) is 21.6. The maximum absolute atomic E-state index is 14.6. The Morgan fingerprint density at radius 3 is 2.81 bits per heavy atom. The molecule has 1 aliphatic heterocycles. The van der Waals surface area contributed by atoms with Crippen LogP contribution < -0.4 is 5.56 Å². The number of rotatable bonds is 3. The monoisotopic (exact) mass is 404 g/mol. The molecular formula is C19H21FN4OS2. The van der Waals surface area contributed by atoms with E-state index in [-0.39, 0.29) is 16.8 Å². The smallest absolute Gasteiger partial charge is 0.272 e. The molecule has 5 nitrogen and oxygen atoms in total. The zero-order valence-electron chi connectivity index (χ0n) is 15.7. The summed E-state index contributed by atoms with van der Waals surface area (Å²) in [5, 5.41) is 10.1. The number of nitrogens with zero attached hydrogens (tertiary/aromatic N) is 4. The second-order valence-electron chi connectivity index (χ2n) is 7.58. The summed E-state index contributed by atoms with van der Waals surface area (Å²) in [5.41, 5.74) is 0.0329. The zero-order valence-corrected chi connectivity index (χ0v) is 17.4. The van der Waals surface area contributed by atoms with Gasteiger partial charge in [0.1, 0.15) is 17.4 Å². The van der Waals surface area contributed by atoms with E-state index in [0.717, 1.165) is 11.5 Å². The molecule has 2 aromatic rings. The first-order valence-corrected chi connectivity index (χ1v) is 11.0. The van der Waals surface area contributed by atoms with Crippen LogP contribution in [0, 0.1) is 23.1 Å². The van der Waals surface area contributed by atoms with Crippen molar-refractivity contribution in [1.29, 1.82) is 5.26 Å². The number of nitriles is 1. The van der Waals surface area contributed by atoms with E-state index in [4.69, 9.17) is 0 Å². The molecular weight excluding hydrogens is 383 g/mol. The van der Waals surface area contributed by atoms with Crippen molar-refractivity contribution in [2.45, 2.75) is 37.9 Å². The summed E-state index contributed by atoms with van der Waals surface area (Å²) in [6, 6.07) is 3.28. The average Bonchev–Trinajstić information content (AvgIpc) is 2.61. The van der Waals surface area contributed by atoms with Crippen LogP contribution in [0.3, 0.4) is 0 Å². The van der Waals surface area contributed by atoms with Gasteiger partial charge in [0.25, 0.3) is 5.56 Å². The van der Waals surface area contributed by atoms with Gasteiger partial charge in [-0.05, 0) is 24.0 Å². The van der Waals surface area contributed by atoms with E-state index in [9.17, 15) is 14.4 Å². The van der Waals surface area contributed by atoms with E-state index in [1.165, 1.54) is 24.0 Å². The fraction of sp³-hybridized carbons (Fsp3) is 0.474. The van der Waals surface area contributed by atoms with Gasteiger partial charge in [0.05, 0.1) is 11.4 Å². The fourth-order valence-electron chi connectivity index (χ4n) is 3.07. The molecule has 142 valence electrons. The molecule has 0 amide bonds. The summed E-state index contributed by atoms with van der Waals surface area (Å²) in [5.74, 6) is 1.72. The van der Waals surface area contributed by atoms with Crippen molar-refractivity contribution in [2.75, 3.05) is 17.8 Å². The standard InChI is InChI=1S/C19H21FN4OS2/c1-19(2,3)16-14(20)5-12(7-22-16)15-13(6-21)17(25)24-8-11(9-26-4)10-27-18(24)23-15/h5,7,11H,8-10H2,1-4H3. The second kappa shape index (κ2) is 7.64. The van der Waals surface area contributed by atoms with Crippen LogP contribution in [-0.4, -0.2) is 32.3 Å². The highest BCUT2D eigenvalue weighted by Gasteiger charge is 2.26. The Labute approximate surface area is 166 Å².